The van der Waals surface area contributed by atoms with Crippen molar-refractivity contribution in [2.75, 3.05) is 0 Å². The first-order valence-corrected chi connectivity index (χ1v) is 9.87. The summed E-state index contributed by atoms with van der Waals surface area (Å²) in [6.45, 7) is 0. The zero-order valence-corrected chi connectivity index (χ0v) is 16.2. The molecule has 6 nitrogen and oxygen atoms in total. The van der Waals surface area contributed by atoms with Crippen molar-refractivity contribution in [3.05, 3.63) is 58.7 Å². The minimum atomic E-state index is -1.02. The molecule has 0 saturated carbocycles. The first kappa shape index (κ1) is 19.8. The third kappa shape index (κ3) is 3.34. The average molecular weight is 404 g/mol. The number of fused-ring (bicyclic) bond motifs is 2. The fourth-order valence-corrected chi connectivity index (χ4v) is 4.48. The first-order chi connectivity index (χ1) is 14.4. The second-order valence-electron chi connectivity index (χ2n) is 7.55. The summed E-state index contributed by atoms with van der Waals surface area (Å²) in [5, 5.41) is 21.2. The van der Waals surface area contributed by atoms with Crippen LogP contribution in [0.25, 0.3) is 21.5 Å². The predicted molar refractivity (Wildman–Crippen MR) is 111 cm³/mol. The minimum absolute atomic E-state index is 0.0683. The summed E-state index contributed by atoms with van der Waals surface area (Å²) in [6, 6.07) is 11.0. The van der Waals surface area contributed by atoms with Gasteiger partial charge in [-0.15, -0.1) is 0 Å². The number of rotatable bonds is 8. The highest BCUT2D eigenvalue weighted by atomic mass is 16.4. The van der Waals surface area contributed by atoms with Crippen LogP contribution in [0.1, 0.15) is 57.5 Å². The Bertz CT molecular complexity index is 1240. The summed E-state index contributed by atoms with van der Waals surface area (Å²) >= 11 is 0. The standard InChI is InChI=1S/C24H20O6/c25-19(9-11-21(27)28)14-5-8-18-23-16(6-7-17(14)23)13-3-1-2-4-15(13)24(18)20(26)10-12-22(29)30/h1-5,8H,6-7,9-12H2,(H,27,28)(H,29,30). The van der Waals surface area contributed by atoms with Gasteiger partial charge in [0.1, 0.15) is 0 Å². The number of Topliss-reactive ketones (excluding diaryl/α,β-unsaturated/α-hetero) is 2. The Labute approximate surface area is 172 Å². The second kappa shape index (κ2) is 7.71. The molecule has 152 valence electrons. The van der Waals surface area contributed by atoms with Gasteiger partial charge in [0.2, 0.25) is 0 Å². The number of aliphatic carboxylic acids is 2. The fourth-order valence-electron chi connectivity index (χ4n) is 4.48. The van der Waals surface area contributed by atoms with Crippen molar-refractivity contribution in [2.24, 2.45) is 0 Å². The van der Waals surface area contributed by atoms with Gasteiger partial charge in [-0.3, -0.25) is 19.2 Å². The third-order valence-corrected chi connectivity index (χ3v) is 5.74. The third-order valence-electron chi connectivity index (χ3n) is 5.74. The Morgan fingerprint density at radius 3 is 1.93 bits per heavy atom. The maximum atomic E-state index is 13.0. The van der Waals surface area contributed by atoms with E-state index in [1.807, 2.05) is 24.3 Å². The summed E-state index contributed by atoms with van der Waals surface area (Å²) in [6.07, 6.45) is 0.759. The molecule has 0 amide bonds. The lowest BCUT2D eigenvalue weighted by Crippen LogP contribution is -2.08. The Morgan fingerprint density at radius 2 is 1.27 bits per heavy atom. The number of benzene rings is 3. The molecule has 0 saturated heterocycles. The van der Waals surface area contributed by atoms with Crippen LogP contribution in [0.2, 0.25) is 0 Å². The van der Waals surface area contributed by atoms with Gasteiger partial charge in [0.15, 0.2) is 11.6 Å². The number of hydrogen-bond donors (Lipinski definition) is 2. The van der Waals surface area contributed by atoms with Crippen LogP contribution in [0, 0.1) is 0 Å². The van der Waals surface area contributed by atoms with Crippen molar-refractivity contribution >= 4 is 45.0 Å². The van der Waals surface area contributed by atoms with Crippen LogP contribution in [0.4, 0.5) is 0 Å². The van der Waals surface area contributed by atoms with Crippen LogP contribution in [-0.2, 0) is 22.4 Å². The largest absolute Gasteiger partial charge is 0.481 e. The first-order valence-electron chi connectivity index (χ1n) is 9.87. The summed E-state index contributed by atoms with van der Waals surface area (Å²) < 4.78 is 0. The van der Waals surface area contributed by atoms with Gasteiger partial charge in [-0.25, -0.2) is 0 Å². The molecule has 6 heteroatoms. The van der Waals surface area contributed by atoms with E-state index in [4.69, 9.17) is 10.2 Å². The number of ketones is 2. The van der Waals surface area contributed by atoms with Gasteiger partial charge in [-0.05, 0) is 45.5 Å². The van der Waals surface area contributed by atoms with Crippen molar-refractivity contribution in [1.29, 1.82) is 0 Å². The van der Waals surface area contributed by atoms with E-state index in [-0.39, 0.29) is 37.2 Å². The van der Waals surface area contributed by atoms with E-state index in [0.29, 0.717) is 17.5 Å². The molecule has 3 aromatic carbocycles. The molecule has 4 rings (SSSR count). The van der Waals surface area contributed by atoms with E-state index in [9.17, 15) is 19.2 Å². The van der Waals surface area contributed by atoms with Gasteiger partial charge < -0.3 is 10.2 Å². The van der Waals surface area contributed by atoms with Gasteiger partial charge in [0, 0.05) is 24.0 Å². The van der Waals surface area contributed by atoms with Crippen molar-refractivity contribution < 1.29 is 29.4 Å². The lowest BCUT2D eigenvalue weighted by atomic mass is 9.87. The van der Waals surface area contributed by atoms with E-state index in [0.717, 1.165) is 39.1 Å². The Hall–Kier alpha value is -3.54. The maximum Gasteiger partial charge on any atom is 0.303 e. The zero-order valence-electron chi connectivity index (χ0n) is 16.2. The number of carboxylic acid groups (broad SMARTS) is 2. The molecule has 1 aliphatic carbocycles. The van der Waals surface area contributed by atoms with Crippen molar-refractivity contribution in [3.8, 4) is 0 Å². The highest BCUT2D eigenvalue weighted by Gasteiger charge is 2.27. The van der Waals surface area contributed by atoms with Crippen LogP contribution in [0.3, 0.4) is 0 Å². The highest BCUT2D eigenvalue weighted by molar-refractivity contribution is 6.22. The molecule has 0 aliphatic heterocycles. The molecule has 0 radical (unpaired) electrons. The van der Waals surface area contributed by atoms with Crippen LogP contribution >= 0.6 is 0 Å². The van der Waals surface area contributed by atoms with Crippen LogP contribution in [0.5, 0.6) is 0 Å². The van der Waals surface area contributed by atoms with Gasteiger partial charge in [0.05, 0.1) is 12.8 Å². The second-order valence-corrected chi connectivity index (χ2v) is 7.55. The summed E-state index contributed by atoms with van der Waals surface area (Å²) in [5.74, 6) is -2.49. The molecule has 30 heavy (non-hydrogen) atoms. The smallest absolute Gasteiger partial charge is 0.303 e. The van der Waals surface area contributed by atoms with Gasteiger partial charge in [-0.1, -0.05) is 36.4 Å². The molecule has 0 unspecified atom stereocenters. The van der Waals surface area contributed by atoms with E-state index in [1.54, 1.807) is 12.1 Å². The molecule has 3 aromatic rings. The minimum Gasteiger partial charge on any atom is -0.481 e. The molecule has 1 aliphatic rings. The zero-order chi connectivity index (χ0) is 21.4. The van der Waals surface area contributed by atoms with Crippen LogP contribution in [0.15, 0.2) is 36.4 Å². The Morgan fingerprint density at radius 1 is 0.667 bits per heavy atom. The maximum absolute atomic E-state index is 13.0. The fraction of sp³-hybridized carbons (Fsp3) is 0.250. The molecule has 0 atom stereocenters. The number of aryl methyl sites for hydroxylation is 2. The van der Waals surface area contributed by atoms with Crippen molar-refractivity contribution in [1.82, 2.24) is 0 Å². The summed E-state index contributed by atoms with van der Waals surface area (Å²) in [4.78, 5) is 47.5. The molecule has 0 aromatic heterocycles. The summed E-state index contributed by atoms with van der Waals surface area (Å²) in [7, 11) is 0. The predicted octanol–water partition coefficient (Wildman–Crippen LogP) is 4.19. The van der Waals surface area contributed by atoms with Crippen molar-refractivity contribution in [2.45, 2.75) is 38.5 Å². The number of carboxylic acids is 2. The summed E-state index contributed by atoms with van der Waals surface area (Å²) in [5.41, 5.74) is 2.95. The number of hydrogen-bond acceptors (Lipinski definition) is 4. The molecule has 2 N–H and O–H groups in total. The molecular formula is C24H20O6. The van der Waals surface area contributed by atoms with Crippen molar-refractivity contribution in [3.63, 3.8) is 0 Å². The Kier molecular flexibility index (Phi) is 5.08. The average Bonchev–Trinajstić information content (AvgIpc) is 3.17. The van der Waals surface area contributed by atoms with Gasteiger partial charge in [-0.2, -0.15) is 0 Å². The van der Waals surface area contributed by atoms with Crippen LogP contribution in [-0.4, -0.2) is 33.7 Å². The van der Waals surface area contributed by atoms with Crippen LogP contribution < -0.4 is 0 Å². The topological polar surface area (TPSA) is 109 Å². The van der Waals surface area contributed by atoms with E-state index >= 15 is 0 Å². The van der Waals surface area contributed by atoms with E-state index < -0.39 is 11.9 Å². The molecular weight excluding hydrogens is 384 g/mol. The van der Waals surface area contributed by atoms with E-state index in [1.165, 1.54) is 0 Å². The molecule has 0 heterocycles. The Balaban J connectivity index is 1.93. The lowest BCUT2D eigenvalue weighted by molar-refractivity contribution is -0.137. The van der Waals surface area contributed by atoms with E-state index in [2.05, 4.69) is 0 Å². The normalized spacial score (nSPS) is 12.4. The number of carbonyl (C=O) groups excluding carboxylic acids is 2. The van der Waals surface area contributed by atoms with Gasteiger partial charge in [0.25, 0.3) is 0 Å². The quantitative estimate of drug-likeness (QED) is 0.430. The lowest BCUT2D eigenvalue weighted by Gasteiger charge is -2.15. The highest BCUT2D eigenvalue weighted by Crippen LogP contribution is 2.41. The van der Waals surface area contributed by atoms with Gasteiger partial charge >= 0.3 is 11.9 Å². The molecule has 0 bridgehead atoms. The molecule has 0 spiro atoms. The number of carbonyl (C=O) groups is 4. The monoisotopic (exact) mass is 404 g/mol. The SMILES string of the molecule is O=C(O)CCC(=O)c1ccc2c(C(=O)CCC(=O)O)c3ccccc3c3c2c1CC3. The molecule has 0 fully saturated rings.